The van der Waals surface area contributed by atoms with Crippen LogP contribution in [-0.2, 0) is 11.2 Å². The van der Waals surface area contributed by atoms with Crippen molar-refractivity contribution in [3.8, 4) is 0 Å². The second-order valence-corrected chi connectivity index (χ2v) is 6.68. The van der Waals surface area contributed by atoms with Gasteiger partial charge in [0, 0.05) is 14.4 Å². The molecule has 0 aliphatic heterocycles. The number of hydrogen-bond donors (Lipinski definition) is 1. The van der Waals surface area contributed by atoms with E-state index in [1.165, 1.54) is 0 Å². The van der Waals surface area contributed by atoms with Gasteiger partial charge in [-0.3, -0.25) is 4.79 Å². The summed E-state index contributed by atoms with van der Waals surface area (Å²) in [5, 5.41) is 4.59. The summed E-state index contributed by atoms with van der Waals surface area (Å²) in [6.45, 7) is 0. The molecule has 114 valence electrons. The fraction of sp³-hybridized carbons (Fsp3) is 0.125. The highest BCUT2D eigenvalue weighted by Gasteiger charge is 2.07. The van der Waals surface area contributed by atoms with Crippen molar-refractivity contribution in [2.24, 2.45) is 5.10 Å². The molecule has 0 atom stereocenters. The van der Waals surface area contributed by atoms with Crippen LogP contribution in [0.3, 0.4) is 0 Å². The molecule has 2 rings (SSSR count). The van der Waals surface area contributed by atoms with Crippen molar-refractivity contribution < 1.29 is 4.79 Å². The van der Waals surface area contributed by atoms with Crippen LogP contribution in [0.25, 0.3) is 0 Å². The minimum absolute atomic E-state index is 0.175. The number of carbonyl (C=O) groups is 1. The number of hydrogen-bond acceptors (Lipinski definition) is 3. The van der Waals surface area contributed by atoms with E-state index in [1.54, 1.807) is 18.0 Å². The van der Waals surface area contributed by atoms with Crippen LogP contribution < -0.4 is 5.43 Å². The van der Waals surface area contributed by atoms with Gasteiger partial charge in [0.2, 0.25) is 5.91 Å². The molecule has 0 bridgehead atoms. The SMILES string of the molecule is CSc1ccc(Cl)cc1CC(=O)N/N=C\c1ccc(Br)cc1. The monoisotopic (exact) mass is 396 g/mol. The number of amides is 1. The number of carbonyl (C=O) groups excluding carboxylic acids is 1. The molecule has 0 aliphatic carbocycles. The second-order valence-electron chi connectivity index (χ2n) is 4.48. The first-order chi connectivity index (χ1) is 10.6. The van der Waals surface area contributed by atoms with Gasteiger partial charge in [-0.25, -0.2) is 5.43 Å². The van der Waals surface area contributed by atoms with Gasteiger partial charge < -0.3 is 0 Å². The minimum atomic E-state index is -0.175. The van der Waals surface area contributed by atoms with Crippen LogP contribution in [0.15, 0.2) is 56.9 Å². The van der Waals surface area contributed by atoms with Crippen LogP contribution in [0.1, 0.15) is 11.1 Å². The van der Waals surface area contributed by atoms with Gasteiger partial charge in [0.1, 0.15) is 0 Å². The van der Waals surface area contributed by atoms with E-state index in [0.29, 0.717) is 5.02 Å². The number of halogens is 2. The third-order valence-corrected chi connectivity index (χ3v) is 4.47. The van der Waals surface area contributed by atoms with Gasteiger partial charge in [0.05, 0.1) is 12.6 Å². The van der Waals surface area contributed by atoms with Crippen molar-refractivity contribution in [1.82, 2.24) is 5.43 Å². The van der Waals surface area contributed by atoms with Gasteiger partial charge in [-0.05, 0) is 47.7 Å². The molecular formula is C16H14BrClN2OS. The minimum Gasteiger partial charge on any atom is -0.273 e. The Labute approximate surface area is 147 Å². The van der Waals surface area contributed by atoms with Crippen LogP contribution in [0, 0.1) is 0 Å². The Balaban J connectivity index is 1.96. The van der Waals surface area contributed by atoms with Gasteiger partial charge in [-0.2, -0.15) is 5.10 Å². The normalized spacial score (nSPS) is 10.9. The fourth-order valence-electron chi connectivity index (χ4n) is 1.83. The molecule has 6 heteroatoms. The zero-order valence-electron chi connectivity index (χ0n) is 11.8. The zero-order chi connectivity index (χ0) is 15.9. The Kier molecular flexibility index (Phi) is 6.49. The lowest BCUT2D eigenvalue weighted by molar-refractivity contribution is -0.120. The lowest BCUT2D eigenvalue weighted by Crippen LogP contribution is -2.20. The number of hydrazone groups is 1. The summed E-state index contributed by atoms with van der Waals surface area (Å²) in [6, 6.07) is 13.2. The molecule has 0 heterocycles. The lowest BCUT2D eigenvalue weighted by atomic mass is 10.1. The van der Waals surface area contributed by atoms with E-state index in [4.69, 9.17) is 11.6 Å². The van der Waals surface area contributed by atoms with E-state index < -0.39 is 0 Å². The summed E-state index contributed by atoms with van der Waals surface area (Å²) in [6.07, 6.45) is 3.82. The summed E-state index contributed by atoms with van der Waals surface area (Å²) < 4.78 is 0.999. The topological polar surface area (TPSA) is 41.5 Å². The molecule has 1 amide bonds. The Morgan fingerprint density at radius 3 is 2.73 bits per heavy atom. The summed E-state index contributed by atoms with van der Waals surface area (Å²) in [7, 11) is 0. The number of rotatable bonds is 5. The molecule has 2 aromatic rings. The van der Waals surface area contributed by atoms with E-state index >= 15 is 0 Å². The maximum atomic E-state index is 12.0. The van der Waals surface area contributed by atoms with Crippen LogP contribution in [-0.4, -0.2) is 18.4 Å². The first-order valence-corrected chi connectivity index (χ1v) is 8.88. The Bertz CT molecular complexity index is 689. The molecule has 22 heavy (non-hydrogen) atoms. The molecule has 0 aliphatic rings. The van der Waals surface area contributed by atoms with Crippen molar-refractivity contribution >= 4 is 51.4 Å². The van der Waals surface area contributed by atoms with Crippen LogP contribution in [0.4, 0.5) is 0 Å². The van der Waals surface area contributed by atoms with Crippen molar-refractivity contribution in [3.63, 3.8) is 0 Å². The molecule has 1 N–H and O–H groups in total. The molecule has 0 spiro atoms. The highest BCUT2D eigenvalue weighted by Crippen LogP contribution is 2.24. The Morgan fingerprint density at radius 2 is 2.05 bits per heavy atom. The van der Waals surface area contributed by atoms with E-state index in [-0.39, 0.29) is 12.3 Å². The third kappa shape index (κ3) is 5.16. The third-order valence-electron chi connectivity index (χ3n) is 2.87. The van der Waals surface area contributed by atoms with Gasteiger partial charge in [0.25, 0.3) is 0 Å². The molecule has 0 aromatic heterocycles. The maximum absolute atomic E-state index is 12.0. The number of nitrogens with zero attached hydrogens (tertiary/aromatic N) is 1. The molecular weight excluding hydrogens is 384 g/mol. The quantitative estimate of drug-likeness (QED) is 0.458. The predicted molar refractivity (Wildman–Crippen MR) is 96.8 cm³/mol. The standard InChI is InChI=1S/C16H14BrClN2OS/c1-22-15-7-6-14(18)8-12(15)9-16(21)20-19-10-11-2-4-13(17)5-3-11/h2-8,10H,9H2,1H3,(H,20,21)/b19-10-. The second kappa shape index (κ2) is 8.36. The summed E-state index contributed by atoms with van der Waals surface area (Å²) in [4.78, 5) is 13.0. The summed E-state index contributed by atoms with van der Waals surface area (Å²) in [5.41, 5.74) is 4.34. The highest BCUT2D eigenvalue weighted by molar-refractivity contribution is 9.10. The van der Waals surface area contributed by atoms with E-state index in [0.717, 1.165) is 20.5 Å². The molecule has 2 aromatic carbocycles. The average Bonchev–Trinajstić information content (AvgIpc) is 2.49. The van der Waals surface area contributed by atoms with Gasteiger partial charge in [-0.1, -0.05) is 39.7 Å². The van der Waals surface area contributed by atoms with Crippen LogP contribution in [0.5, 0.6) is 0 Å². The maximum Gasteiger partial charge on any atom is 0.244 e. The van der Waals surface area contributed by atoms with Crippen LogP contribution >= 0.6 is 39.3 Å². The van der Waals surface area contributed by atoms with Crippen molar-refractivity contribution in [1.29, 1.82) is 0 Å². The zero-order valence-corrected chi connectivity index (χ0v) is 15.0. The molecule has 0 fully saturated rings. The first kappa shape index (κ1) is 17.1. The molecule has 0 saturated heterocycles. The first-order valence-electron chi connectivity index (χ1n) is 6.48. The van der Waals surface area contributed by atoms with Crippen molar-refractivity contribution in [2.75, 3.05) is 6.26 Å². The number of nitrogens with one attached hydrogen (secondary N) is 1. The number of thioether (sulfide) groups is 1. The molecule has 0 radical (unpaired) electrons. The fourth-order valence-corrected chi connectivity index (χ4v) is 2.88. The lowest BCUT2D eigenvalue weighted by Gasteiger charge is -2.06. The highest BCUT2D eigenvalue weighted by atomic mass is 79.9. The molecule has 3 nitrogen and oxygen atoms in total. The number of benzene rings is 2. The van der Waals surface area contributed by atoms with E-state index in [1.807, 2.05) is 48.7 Å². The van der Waals surface area contributed by atoms with E-state index in [9.17, 15) is 4.79 Å². The average molecular weight is 398 g/mol. The van der Waals surface area contributed by atoms with Crippen LogP contribution in [0.2, 0.25) is 5.02 Å². The van der Waals surface area contributed by atoms with Crippen molar-refractivity contribution in [3.05, 3.63) is 63.1 Å². The summed E-state index contributed by atoms with van der Waals surface area (Å²) >= 11 is 10.9. The van der Waals surface area contributed by atoms with Crippen molar-refractivity contribution in [2.45, 2.75) is 11.3 Å². The van der Waals surface area contributed by atoms with Gasteiger partial charge in [-0.15, -0.1) is 11.8 Å². The summed E-state index contributed by atoms with van der Waals surface area (Å²) in [5.74, 6) is -0.175. The Morgan fingerprint density at radius 1 is 1.32 bits per heavy atom. The van der Waals surface area contributed by atoms with Gasteiger partial charge in [0.15, 0.2) is 0 Å². The smallest absolute Gasteiger partial charge is 0.244 e. The molecule has 0 unspecified atom stereocenters. The van der Waals surface area contributed by atoms with E-state index in [2.05, 4.69) is 26.5 Å². The molecule has 0 saturated carbocycles. The Hall–Kier alpha value is -1.30. The van der Waals surface area contributed by atoms with Gasteiger partial charge >= 0.3 is 0 Å². The predicted octanol–water partition coefficient (Wildman–Crippen LogP) is 4.52. The largest absolute Gasteiger partial charge is 0.273 e.